The molecule has 23 heavy (non-hydrogen) atoms. The van der Waals surface area contributed by atoms with Gasteiger partial charge in [-0.3, -0.25) is 9.48 Å². The summed E-state index contributed by atoms with van der Waals surface area (Å²) >= 11 is 0. The second-order valence-corrected chi connectivity index (χ2v) is 7.10. The van der Waals surface area contributed by atoms with Gasteiger partial charge in [0.05, 0.1) is 6.20 Å². The largest absolute Gasteiger partial charge is 0.340 e. The van der Waals surface area contributed by atoms with Crippen LogP contribution >= 0.6 is 0 Å². The van der Waals surface area contributed by atoms with Gasteiger partial charge in [-0.15, -0.1) is 0 Å². The first-order chi connectivity index (χ1) is 11.2. The minimum Gasteiger partial charge on any atom is -0.340 e. The summed E-state index contributed by atoms with van der Waals surface area (Å²) in [6.45, 7) is 7.33. The summed E-state index contributed by atoms with van der Waals surface area (Å²) in [6, 6.07) is 0.455. The van der Waals surface area contributed by atoms with E-state index in [9.17, 15) is 4.79 Å². The van der Waals surface area contributed by atoms with Crippen LogP contribution in [0, 0.1) is 6.92 Å². The molecule has 5 nitrogen and oxygen atoms in total. The van der Waals surface area contributed by atoms with E-state index in [2.05, 4.69) is 14.9 Å². The normalized spacial score (nSPS) is 22.7. The fourth-order valence-electron chi connectivity index (χ4n) is 3.91. The van der Waals surface area contributed by atoms with E-state index in [1.54, 1.807) is 0 Å². The van der Waals surface area contributed by atoms with Crippen molar-refractivity contribution in [1.82, 2.24) is 19.6 Å². The molecule has 2 fully saturated rings. The molecule has 0 bridgehead atoms. The van der Waals surface area contributed by atoms with E-state index >= 15 is 0 Å². The van der Waals surface area contributed by atoms with Gasteiger partial charge in [0.15, 0.2) is 0 Å². The van der Waals surface area contributed by atoms with Gasteiger partial charge in [0.1, 0.15) is 0 Å². The van der Waals surface area contributed by atoms with Crippen molar-refractivity contribution in [3.05, 3.63) is 18.0 Å². The minimum atomic E-state index is 0.310. The molecule has 0 aliphatic carbocycles. The number of aryl methyl sites for hydroxylation is 2. The average molecular weight is 318 g/mol. The number of piperidine rings is 1. The lowest BCUT2D eigenvalue weighted by atomic mass is 9.98. The zero-order chi connectivity index (χ0) is 16.1. The van der Waals surface area contributed by atoms with Crippen LogP contribution in [0.5, 0.6) is 0 Å². The Labute approximate surface area is 139 Å². The van der Waals surface area contributed by atoms with Gasteiger partial charge in [-0.05, 0) is 64.1 Å². The van der Waals surface area contributed by atoms with E-state index in [0.717, 1.165) is 31.5 Å². The van der Waals surface area contributed by atoms with Crippen LogP contribution in [0.4, 0.5) is 0 Å². The SMILES string of the molecule is Cc1cnn(CCC(=O)N2CCCC[C@@H]2CCN2CCCC2)c1. The summed E-state index contributed by atoms with van der Waals surface area (Å²) in [5, 5.41) is 4.28. The fourth-order valence-corrected chi connectivity index (χ4v) is 3.91. The molecule has 1 atom stereocenters. The van der Waals surface area contributed by atoms with Crippen molar-refractivity contribution in [3.8, 4) is 0 Å². The molecule has 0 unspecified atom stereocenters. The predicted octanol–water partition coefficient (Wildman–Crippen LogP) is 2.45. The predicted molar refractivity (Wildman–Crippen MR) is 91.2 cm³/mol. The number of carbonyl (C=O) groups excluding carboxylic acids is 1. The number of likely N-dealkylation sites (tertiary alicyclic amines) is 2. The third kappa shape index (κ3) is 4.56. The lowest BCUT2D eigenvalue weighted by Gasteiger charge is -2.36. The highest BCUT2D eigenvalue weighted by atomic mass is 16.2. The molecule has 3 heterocycles. The molecule has 0 aromatic carbocycles. The monoisotopic (exact) mass is 318 g/mol. The number of aromatic nitrogens is 2. The zero-order valence-electron chi connectivity index (χ0n) is 14.4. The molecule has 1 aromatic heterocycles. The van der Waals surface area contributed by atoms with Crippen molar-refractivity contribution in [2.24, 2.45) is 0 Å². The third-order valence-corrected chi connectivity index (χ3v) is 5.24. The summed E-state index contributed by atoms with van der Waals surface area (Å²) in [7, 11) is 0. The van der Waals surface area contributed by atoms with Crippen LogP contribution in [0.15, 0.2) is 12.4 Å². The highest BCUT2D eigenvalue weighted by Gasteiger charge is 2.27. The highest BCUT2D eigenvalue weighted by Crippen LogP contribution is 2.22. The van der Waals surface area contributed by atoms with Crippen molar-refractivity contribution in [1.29, 1.82) is 0 Å². The van der Waals surface area contributed by atoms with Gasteiger partial charge < -0.3 is 9.80 Å². The molecule has 0 radical (unpaired) electrons. The molecule has 0 N–H and O–H groups in total. The Kier molecular flexibility index (Phi) is 5.70. The third-order valence-electron chi connectivity index (χ3n) is 5.24. The Morgan fingerprint density at radius 2 is 1.96 bits per heavy atom. The first-order valence-corrected chi connectivity index (χ1v) is 9.23. The van der Waals surface area contributed by atoms with Crippen molar-refractivity contribution >= 4 is 5.91 Å². The van der Waals surface area contributed by atoms with Crippen LogP contribution < -0.4 is 0 Å². The van der Waals surface area contributed by atoms with E-state index in [1.165, 1.54) is 38.8 Å². The van der Waals surface area contributed by atoms with Crippen molar-refractivity contribution < 1.29 is 4.79 Å². The van der Waals surface area contributed by atoms with Gasteiger partial charge in [-0.2, -0.15) is 5.10 Å². The van der Waals surface area contributed by atoms with Crippen LogP contribution in [0.3, 0.4) is 0 Å². The molecule has 2 aliphatic heterocycles. The average Bonchev–Trinajstić information content (AvgIpc) is 3.22. The molecule has 5 heteroatoms. The van der Waals surface area contributed by atoms with E-state index in [4.69, 9.17) is 0 Å². The van der Waals surface area contributed by atoms with Gasteiger partial charge in [-0.25, -0.2) is 0 Å². The maximum absolute atomic E-state index is 12.7. The molecule has 128 valence electrons. The molecule has 1 amide bonds. The summed E-state index contributed by atoms with van der Waals surface area (Å²) in [5.41, 5.74) is 1.15. The molecule has 2 aliphatic rings. The molecular weight excluding hydrogens is 288 g/mol. The first-order valence-electron chi connectivity index (χ1n) is 9.23. The quantitative estimate of drug-likeness (QED) is 0.809. The lowest BCUT2D eigenvalue weighted by Crippen LogP contribution is -2.45. The standard InChI is InChI=1S/C18H30N4O/c1-16-14-19-21(15-16)13-8-18(23)22-11-3-2-6-17(22)7-12-20-9-4-5-10-20/h14-15,17H,2-13H2,1H3/t17-/m1/s1. The Bertz CT molecular complexity index is 507. The van der Waals surface area contributed by atoms with Gasteiger partial charge >= 0.3 is 0 Å². The molecule has 0 spiro atoms. The molecule has 1 aromatic rings. The van der Waals surface area contributed by atoms with Crippen LogP contribution in [0.2, 0.25) is 0 Å². The molecule has 3 rings (SSSR count). The first kappa shape index (κ1) is 16.5. The van der Waals surface area contributed by atoms with Crippen molar-refractivity contribution in [2.45, 2.75) is 64.5 Å². The maximum atomic E-state index is 12.7. The van der Waals surface area contributed by atoms with E-state index in [1.807, 2.05) is 24.0 Å². The number of hydrogen-bond donors (Lipinski definition) is 0. The van der Waals surface area contributed by atoms with Crippen LogP contribution in [-0.4, -0.2) is 57.7 Å². The second-order valence-electron chi connectivity index (χ2n) is 7.10. The van der Waals surface area contributed by atoms with Crippen molar-refractivity contribution in [2.75, 3.05) is 26.2 Å². The summed E-state index contributed by atoms with van der Waals surface area (Å²) in [4.78, 5) is 17.4. The van der Waals surface area contributed by atoms with Crippen molar-refractivity contribution in [3.63, 3.8) is 0 Å². The molecule has 0 saturated carbocycles. The Morgan fingerprint density at radius 1 is 1.17 bits per heavy atom. The number of nitrogens with zero attached hydrogens (tertiary/aromatic N) is 4. The minimum absolute atomic E-state index is 0.310. The van der Waals surface area contributed by atoms with Crippen LogP contribution in [0.1, 0.15) is 50.5 Å². The van der Waals surface area contributed by atoms with Gasteiger partial charge in [0.2, 0.25) is 5.91 Å². The molecular formula is C18H30N4O. The summed E-state index contributed by atoms with van der Waals surface area (Å²) in [5.74, 6) is 0.310. The Morgan fingerprint density at radius 3 is 2.70 bits per heavy atom. The Balaban J connectivity index is 1.49. The number of amides is 1. The topological polar surface area (TPSA) is 41.4 Å². The second kappa shape index (κ2) is 7.95. The fraction of sp³-hybridized carbons (Fsp3) is 0.778. The van der Waals surface area contributed by atoms with Crippen LogP contribution in [0.25, 0.3) is 0 Å². The van der Waals surface area contributed by atoms with E-state index in [-0.39, 0.29) is 0 Å². The number of rotatable bonds is 6. The molecule has 2 saturated heterocycles. The van der Waals surface area contributed by atoms with Gasteiger partial charge in [0, 0.05) is 38.3 Å². The summed E-state index contributed by atoms with van der Waals surface area (Å²) in [6.07, 6.45) is 11.9. The number of hydrogen-bond acceptors (Lipinski definition) is 3. The lowest BCUT2D eigenvalue weighted by molar-refractivity contribution is -0.135. The van der Waals surface area contributed by atoms with Gasteiger partial charge in [0.25, 0.3) is 0 Å². The zero-order valence-corrected chi connectivity index (χ0v) is 14.4. The van der Waals surface area contributed by atoms with E-state index < -0.39 is 0 Å². The Hall–Kier alpha value is -1.36. The van der Waals surface area contributed by atoms with Crippen LogP contribution in [-0.2, 0) is 11.3 Å². The highest BCUT2D eigenvalue weighted by molar-refractivity contribution is 5.76. The van der Waals surface area contributed by atoms with Gasteiger partial charge in [-0.1, -0.05) is 0 Å². The smallest absolute Gasteiger partial charge is 0.224 e. The van der Waals surface area contributed by atoms with E-state index in [0.29, 0.717) is 24.9 Å². The maximum Gasteiger partial charge on any atom is 0.224 e. The summed E-state index contributed by atoms with van der Waals surface area (Å²) < 4.78 is 1.89. The number of carbonyl (C=O) groups is 1.